The van der Waals surface area contributed by atoms with E-state index in [9.17, 15) is 0 Å². The maximum Gasteiger partial charge on any atom is 0.0634 e. The van der Waals surface area contributed by atoms with E-state index < -0.39 is 0 Å². The molecule has 1 aliphatic rings. The lowest BCUT2D eigenvalue weighted by molar-refractivity contribution is 0.00596. The van der Waals surface area contributed by atoms with Crippen LogP contribution < -0.4 is 5.32 Å². The Morgan fingerprint density at radius 3 is 2.44 bits per heavy atom. The maximum absolute atomic E-state index is 5.52. The Hall–Kier alpha value is -0.120. The molecule has 0 radical (unpaired) electrons. The van der Waals surface area contributed by atoms with Gasteiger partial charge in [-0.1, -0.05) is 6.92 Å². The highest BCUT2D eigenvalue weighted by Gasteiger charge is 2.20. The van der Waals surface area contributed by atoms with Crippen molar-refractivity contribution >= 4 is 0 Å². The van der Waals surface area contributed by atoms with E-state index in [0.29, 0.717) is 0 Å². The third-order valence-electron chi connectivity index (χ3n) is 4.10. The number of hydrogen-bond donors (Lipinski definition) is 1. The quantitative estimate of drug-likeness (QED) is 0.722. The van der Waals surface area contributed by atoms with Gasteiger partial charge in [0.1, 0.15) is 0 Å². The van der Waals surface area contributed by atoms with Gasteiger partial charge in [0.2, 0.25) is 0 Å². The Morgan fingerprint density at radius 1 is 1.22 bits per heavy atom. The smallest absolute Gasteiger partial charge is 0.0634 e. The van der Waals surface area contributed by atoms with Crippen LogP contribution in [-0.2, 0) is 4.74 Å². The monoisotopic (exact) mass is 256 g/mol. The van der Waals surface area contributed by atoms with Crippen molar-refractivity contribution in [1.29, 1.82) is 0 Å². The molecule has 0 amide bonds. The lowest BCUT2D eigenvalue weighted by Crippen LogP contribution is -2.39. The van der Waals surface area contributed by atoms with Crippen molar-refractivity contribution in [1.82, 2.24) is 10.2 Å². The van der Waals surface area contributed by atoms with Crippen molar-refractivity contribution in [3.8, 4) is 0 Å². The fourth-order valence-electron chi connectivity index (χ4n) is 2.57. The molecular formula is C15H32N2O. The minimum Gasteiger partial charge on any atom is -0.379 e. The standard InChI is InChI=1S/C15H32N2O/c1-5-11-17(12-8-15(2,3)18-4)13-14-6-9-16-10-7-14/h14,16H,5-13H2,1-4H3. The molecule has 1 rings (SSSR count). The fraction of sp³-hybridized carbons (Fsp3) is 1.00. The van der Waals surface area contributed by atoms with Crippen LogP contribution in [0, 0.1) is 5.92 Å². The van der Waals surface area contributed by atoms with Crippen molar-refractivity contribution in [3.05, 3.63) is 0 Å². The summed E-state index contributed by atoms with van der Waals surface area (Å²) in [5, 5.41) is 3.45. The normalized spacial score (nSPS) is 18.5. The summed E-state index contributed by atoms with van der Waals surface area (Å²) in [7, 11) is 1.82. The third kappa shape index (κ3) is 6.17. The van der Waals surface area contributed by atoms with Gasteiger partial charge in [-0.05, 0) is 65.1 Å². The van der Waals surface area contributed by atoms with E-state index in [1.807, 2.05) is 7.11 Å². The summed E-state index contributed by atoms with van der Waals surface area (Å²) >= 11 is 0. The second-order valence-electron chi connectivity index (χ2n) is 6.21. The van der Waals surface area contributed by atoms with Gasteiger partial charge in [-0.3, -0.25) is 0 Å². The molecule has 1 N–H and O–H groups in total. The summed E-state index contributed by atoms with van der Waals surface area (Å²) in [6, 6.07) is 0. The van der Waals surface area contributed by atoms with Gasteiger partial charge in [0.05, 0.1) is 5.60 Å². The molecule has 0 aromatic rings. The van der Waals surface area contributed by atoms with E-state index in [4.69, 9.17) is 4.74 Å². The molecule has 0 bridgehead atoms. The number of nitrogens with zero attached hydrogens (tertiary/aromatic N) is 1. The van der Waals surface area contributed by atoms with Crippen molar-refractivity contribution in [3.63, 3.8) is 0 Å². The minimum absolute atomic E-state index is 0.0140. The average molecular weight is 256 g/mol. The molecule has 1 heterocycles. The zero-order valence-corrected chi connectivity index (χ0v) is 12.8. The van der Waals surface area contributed by atoms with E-state index >= 15 is 0 Å². The molecule has 18 heavy (non-hydrogen) atoms. The van der Waals surface area contributed by atoms with E-state index in [2.05, 4.69) is 31.0 Å². The molecule has 1 aliphatic heterocycles. The van der Waals surface area contributed by atoms with Gasteiger partial charge in [-0.15, -0.1) is 0 Å². The minimum atomic E-state index is 0.0140. The number of piperidine rings is 1. The molecule has 0 saturated carbocycles. The SMILES string of the molecule is CCCN(CCC(C)(C)OC)CC1CCNCC1. The van der Waals surface area contributed by atoms with Crippen LogP contribution in [-0.4, -0.2) is 50.3 Å². The maximum atomic E-state index is 5.52. The topological polar surface area (TPSA) is 24.5 Å². The van der Waals surface area contributed by atoms with E-state index in [1.54, 1.807) is 0 Å². The summed E-state index contributed by atoms with van der Waals surface area (Å²) in [5.41, 5.74) is 0.0140. The highest BCUT2D eigenvalue weighted by Crippen LogP contribution is 2.17. The van der Waals surface area contributed by atoms with Gasteiger partial charge in [0.15, 0.2) is 0 Å². The summed E-state index contributed by atoms with van der Waals surface area (Å²) in [6.07, 6.45) is 5.05. The van der Waals surface area contributed by atoms with Crippen molar-refractivity contribution in [2.24, 2.45) is 5.92 Å². The molecular weight excluding hydrogens is 224 g/mol. The second kappa shape index (κ2) is 8.13. The number of rotatable bonds is 8. The molecule has 0 unspecified atom stereocenters. The Bertz CT molecular complexity index is 213. The second-order valence-corrected chi connectivity index (χ2v) is 6.21. The van der Waals surface area contributed by atoms with Gasteiger partial charge >= 0.3 is 0 Å². The van der Waals surface area contributed by atoms with E-state index in [1.165, 1.54) is 52.0 Å². The van der Waals surface area contributed by atoms with Crippen LogP contribution in [0.3, 0.4) is 0 Å². The molecule has 3 nitrogen and oxygen atoms in total. The lowest BCUT2D eigenvalue weighted by atomic mass is 9.97. The molecule has 108 valence electrons. The van der Waals surface area contributed by atoms with E-state index in [-0.39, 0.29) is 5.60 Å². The average Bonchev–Trinajstić information content (AvgIpc) is 2.38. The predicted octanol–water partition coefficient (Wildman–Crippen LogP) is 2.51. The largest absolute Gasteiger partial charge is 0.379 e. The molecule has 1 saturated heterocycles. The van der Waals surface area contributed by atoms with Crippen LogP contribution >= 0.6 is 0 Å². The van der Waals surface area contributed by atoms with Crippen LogP contribution in [0.25, 0.3) is 0 Å². The van der Waals surface area contributed by atoms with E-state index in [0.717, 1.165) is 12.3 Å². The molecule has 0 aromatic heterocycles. The first-order valence-corrected chi connectivity index (χ1v) is 7.55. The van der Waals surface area contributed by atoms with Crippen molar-refractivity contribution < 1.29 is 4.74 Å². The highest BCUT2D eigenvalue weighted by molar-refractivity contribution is 4.75. The van der Waals surface area contributed by atoms with Crippen molar-refractivity contribution in [2.75, 3.05) is 39.8 Å². The van der Waals surface area contributed by atoms with Gasteiger partial charge in [0, 0.05) is 20.2 Å². The Labute approximate surface area is 113 Å². The van der Waals surface area contributed by atoms with Crippen LogP contribution in [0.1, 0.15) is 46.5 Å². The van der Waals surface area contributed by atoms with Gasteiger partial charge < -0.3 is 15.0 Å². The summed E-state index contributed by atoms with van der Waals surface area (Å²) < 4.78 is 5.52. The summed E-state index contributed by atoms with van der Waals surface area (Å²) in [5.74, 6) is 0.892. The Balaban J connectivity index is 2.33. The lowest BCUT2D eigenvalue weighted by Gasteiger charge is -2.32. The van der Waals surface area contributed by atoms with Crippen LogP contribution in [0.2, 0.25) is 0 Å². The molecule has 0 aliphatic carbocycles. The van der Waals surface area contributed by atoms with Gasteiger partial charge in [0.25, 0.3) is 0 Å². The first-order chi connectivity index (χ1) is 8.57. The molecule has 0 spiro atoms. The molecule has 0 aromatic carbocycles. The first-order valence-electron chi connectivity index (χ1n) is 7.55. The van der Waals surface area contributed by atoms with Gasteiger partial charge in [-0.25, -0.2) is 0 Å². The zero-order valence-electron chi connectivity index (χ0n) is 12.8. The Kier molecular flexibility index (Phi) is 7.20. The van der Waals surface area contributed by atoms with Gasteiger partial charge in [-0.2, -0.15) is 0 Å². The predicted molar refractivity (Wildman–Crippen MR) is 78.0 cm³/mol. The third-order valence-corrected chi connectivity index (χ3v) is 4.10. The summed E-state index contributed by atoms with van der Waals surface area (Å²) in [6.45, 7) is 12.7. The number of hydrogen-bond acceptors (Lipinski definition) is 3. The molecule has 0 atom stereocenters. The number of nitrogens with one attached hydrogen (secondary N) is 1. The van der Waals surface area contributed by atoms with Crippen molar-refractivity contribution in [2.45, 2.75) is 52.1 Å². The number of methoxy groups -OCH3 is 1. The zero-order chi connectivity index (χ0) is 13.4. The van der Waals surface area contributed by atoms with Crippen LogP contribution in [0.4, 0.5) is 0 Å². The molecule has 3 heteroatoms. The Morgan fingerprint density at radius 2 is 1.89 bits per heavy atom. The highest BCUT2D eigenvalue weighted by atomic mass is 16.5. The molecule has 1 fully saturated rings. The summed E-state index contributed by atoms with van der Waals surface area (Å²) in [4.78, 5) is 2.64. The first kappa shape index (κ1) is 15.9. The number of ether oxygens (including phenoxy) is 1. The fourth-order valence-corrected chi connectivity index (χ4v) is 2.57. The van der Waals surface area contributed by atoms with Crippen LogP contribution in [0.5, 0.6) is 0 Å². The van der Waals surface area contributed by atoms with Crippen LogP contribution in [0.15, 0.2) is 0 Å².